The maximum Gasteiger partial charge on any atom is 0.226 e. The highest BCUT2D eigenvalue weighted by Crippen LogP contribution is 2.18. The lowest BCUT2D eigenvalue weighted by molar-refractivity contribution is 0.627. The molecule has 0 aliphatic heterocycles. The molecule has 0 amide bonds. The average Bonchev–Trinajstić information content (AvgIpc) is 2.97. The quantitative estimate of drug-likeness (QED) is 0.670. The summed E-state index contributed by atoms with van der Waals surface area (Å²) in [7, 11) is 1.76. The number of benzene rings is 1. The molecule has 0 radical (unpaired) electrons. The van der Waals surface area contributed by atoms with Crippen LogP contribution in [0.4, 0.5) is 16.2 Å². The Bertz CT molecular complexity index is 737. The second-order valence-electron chi connectivity index (χ2n) is 4.55. The van der Waals surface area contributed by atoms with Crippen molar-refractivity contribution in [1.29, 1.82) is 0 Å². The van der Waals surface area contributed by atoms with Crippen LogP contribution in [0.25, 0.3) is 11.2 Å². The summed E-state index contributed by atoms with van der Waals surface area (Å²) in [6.45, 7) is 0.680. The fraction of sp³-hybridized carbons (Fsp3) is 0.214. The zero-order valence-electron chi connectivity index (χ0n) is 11.5. The summed E-state index contributed by atoms with van der Waals surface area (Å²) < 4.78 is 12.8. The first-order chi connectivity index (χ1) is 10.3. The van der Waals surface area contributed by atoms with Crippen molar-refractivity contribution in [2.45, 2.75) is 6.42 Å². The Morgan fingerprint density at radius 1 is 1.19 bits per heavy atom. The van der Waals surface area contributed by atoms with E-state index in [1.165, 1.54) is 12.1 Å². The Hall–Kier alpha value is -2.70. The van der Waals surface area contributed by atoms with Gasteiger partial charge in [0.25, 0.3) is 0 Å². The minimum atomic E-state index is -0.222. The molecule has 1 aromatic carbocycles. The number of aromatic amines is 1. The third-order valence-corrected chi connectivity index (χ3v) is 3.13. The van der Waals surface area contributed by atoms with Gasteiger partial charge in [0.15, 0.2) is 11.5 Å². The first kappa shape index (κ1) is 13.3. The number of hydrogen-bond donors (Lipinski definition) is 3. The van der Waals surface area contributed by atoms with E-state index in [1.807, 2.05) is 0 Å². The normalized spacial score (nSPS) is 10.8. The Labute approximate surface area is 120 Å². The van der Waals surface area contributed by atoms with Gasteiger partial charge in [-0.15, -0.1) is 0 Å². The number of nitrogens with zero attached hydrogens (tertiary/aromatic N) is 3. The number of halogens is 1. The summed E-state index contributed by atoms with van der Waals surface area (Å²) in [5.74, 6) is 0.989. The Morgan fingerprint density at radius 2 is 2.00 bits per heavy atom. The molecule has 0 aliphatic rings. The number of fused-ring (bicyclic) bond motifs is 1. The van der Waals surface area contributed by atoms with Gasteiger partial charge >= 0.3 is 0 Å². The second-order valence-corrected chi connectivity index (χ2v) is 4.55. The molecule has 0 spiro atoms. The van der Waals surface area contributed by atoms with E-state index in [2.05, 4.69) is 30.6 Å². The first-order valence-electron chi connectivity index (χ1n) is 6.63. The Balaban J connectivity index is 1.72. The number of imidazole rings is 1. The lowest BCUT2D eigenvalue weighted by atomic mass is 10.1. The number of H-pyrrole nitrogens is 1. The van der Waals surface area contributed by atoms with Crippen molar-refractivity contribution >= 4 is 22.9 Å². The highest BCUT2D eigenvalue weighted by molar-refractivity contribution is 5.83. The van der Waals surface area contributed by atoms with Gasteiger partial charge in [-0.25, -0.2) is 9.37 Å². The first-order valence-corrected chi connectivity index (χ1v) is 6.63. The fourth-order valence-electron chi connectivity index (χ4n) is 2.05. The van der Waals surface area contributed by atoms with E-state index in [0.29, 0.717) is 24.0 Å². The lowest BCUT2D eigenvalue weighted by Gasteiger charge is -2.08. The van der Waals surface area contributed by atoms with Crippen molar-refractivity contribution in [2.24, 2.45) is 0 Å². The summed E-state index contributed by atoms with van der Waals surface area (Å²) in [4.78, 5) is 15.8. The highest BCUT2D eigenvalue weighted by atomic mass is 19.1. The summed E-state index contributed by atoms with van der Waals surface area (Å²) in [6.07, 6.45) is 2.36. The predicted octanol–water partition coefficient (Wildman–Crippen LogP) is 2.19. The van der Waals surface area contributed by atoms with Crippen molar-refractivity contribution in [3.8, 4) is 0 Å². The molecule has 108 valence electrons. The predicted molar refractivity (Wildman–Crippen MR) is 79.8 cm³/mol. The van der Waals surface area contributed by atoms with Crippen LogP contribution in [0.2, 0.25) is 0 Å². The van der Waals surface area contributed by atoms with E-state index in [0.717, 1.165) is 17.5 Å². The van der Waals surface area contributed by atoms with Crippen molar-refractivity contribution < 1.29 is 4.39 Å². The molecule has 0 bridgehead atoms. The summed E-state index contributed by atoms with van der Waals surface area (Å²) >= 11 is 0. The average molecular weight is 286 g/mol. The van der Waals surface area contributed by atoms with Crippen LogP contribution in [0.15, 0.2) is 30.6 Å². The smallest absolute Gasteiger partial charge is 0.226 e. The van der Waals surface area contributed by atoms with Crippen LogP contribution in [0.3, 0.4) is 0 Å². The standard InChI is InChI=1S/C14H15FN6/c1-16-14-20-12(11-13(21-14)19-8-18-11)17-7-6-9-2-4-10(15)5-3-9/h2-5,8H,6-7H2,1H3,(H3,16,17,18,19,20,21). The van der Waals surface area contributed by atoms with Crippen LogP contribution in [0, 0.1) is 5.82 Å². The third-order valence-electron chi connectivity index (χ3n) is 3.13. The van der Waals surface area contributed by atoms with E-state index in [9.17, 15) is 4.39 Å². The molecular formula is C14H15FN6. The minimum absolute atomic E-state index is 0.222. The van der Waals surface area contributed by atoms with Crippen LogP contribution in [-0.2, 0) is 6.42 Å². The lowest BCUT2D eigenvalue weighted by Crippen LogP contribution is -2.09. The molecule has 2 heterocycles. The molecule has 6 nitrogen and oxygen atoms in total. The number of aromatic nitrogens is 4. The Morgan fingerprint density at radius 3 is 2.76 bits per heavy atom. The van der Waals surface area contributed by atoms with E-state index in [1.54, 1.807) is 25.5 Å². The van der Waals surface area contributed by atoms with Gasteiger partial charge in [-0.2, -0.15) is 9.97 Å². The SMILES string of the molecule is CNc1nc(NCCc2ccc(F)cc2)c2[nH]cnc2n1. The van der Waals surface area contributed by atoms with Crippen LogP contribution in [0.5, 0.6) is 0 Å². The molecule has 3 aromatic rings. The molecule has 0 saturated carbocycles. The van der Waals surface area contributed by atoms with Crippen LogP contribution < -0.4 is 10.6 Å². The molecule has 0 atom stereocenters. The zero-order valence-corrected chi connectivity index (χ0v) is 11.5. The maximum atomic E-state index is 12.8. The number of anilines is 2. The van der Waals surface area contributed by atoms with Crippen molar-refractivity contribution in [2.75, 3.05) is 24.2 Å². The number of rotatable bonds is 5. The third kappa shape index (κ3) is 2.91. The second kappa shape index (κ2) is 5.74. The van der Waals surface area contributed by atoms with Gasteiger partial charge in [-0.1, -0.05) is 12.1 Å². The Kier molecular flexibility index (Phi) is 3.63. The molecule has 3 rings (SSSR count). The molecule has 0 aliphatic carbocycles. The van der Waals surface area contributed by atoms with Gasteiger partial charge in [0.1, 0.15) is 11.3 Å². The van der Waals surface area contributed by atoms with Crippen molar-refractivity contribution in [3.05, 3.63) is 42.0 Å². The molecule has 2 aromatic heterocycles. The van der Waals surface area contributed by atoms with Gasteiger partial charge in [-0.3, -0.25) is 0 Å². The molecule has 7 heteroatoms. The van der Waals surface area contributed by atoms with Crippen molar-refractivity contribution in [3.63, 3.8) is 0 Å². The van der Waals surface area contributed by atoms with Gasteiger partial charge in [0, 0.05) is 13.6 Å². The van der Waals surface area contributed by atoms with Crippen molar-refractivity contribution in [1.82, 2.24) is 19.9 Å². The molecule has 21 heavy (non-hydrogen) atoms. The molecule has 0 saturated heterocycles. The van der Waals surface area contributed by atoms with E-state index in [-0.39, 0.29) is 5.82 Å². The molecule has 0 fully saturated rings. The maximum absolute atomic E-state index is 12.8. The monoisotopic (exact) mass is 286 g/mol. The van der Waals surface area contributed by atoms with E-state index >= 15 is 0 Å². The summed E-state index contributed by atoms with van der Waals surface area (Å²) in [5, 5.41) is 6.16. The summed E-state index contributed by atoms with van der Waals surface area (Å²) in [6, 6.07) is 6.49. The van der Waals surface area contributed by atoms with Gasteiger partial charge < -0.3 is 15.6 Å². The largest absolute Gasteiger partial charge is 0.368 e. The van der Waals surface area contributed by atoms with Gasteiger partial charge in [0.2, 0.25) is 5.95 Å². The molecule has 0 unspecified atom stereocenters. The van der Waals surface area contributed by atoms with Crippen LogP contribution in [-0.4, -0.2) is 33.5 Å². The zero-order chi connectivity index (χ0) is 14.7. The van der Waals surface area contributed by atoms with Crippen LogP contribution in [0.1, 0.15) is 5.56 Å². The van der Waals surface area contributed by atoms with E-state index in [4.69, 9.17) is 0 Å². The molecule has 3 N–H and O–H groups in total. The van der Waals surface area contributed by atoms with Gasteiger partial charge in [0.05, 0.1) is 6.33 Å². The highest BCUT2D eigenvalue weighted by Gasteiger charge is 2.08. The number of nitrogens with one attached hydrogen (secondary N) is 3. The topological polar surface area (TPSA) is 78.5 Å². The number of hydrogen-bond acceptors (Lipinski definition) is 5. The summed E-state index contributed by atoms with van der Waals surface area (Å²) in [5.41, 5.74) is 2.44. The van der Waals surface area contributed by atoms with Crippen LogP contribution >= 0.6 is 0 Å². The fourth-order valence-corrected chi connectivity index (χ4v) is 2.05. The van der Waals surface area contributed by atoms with Gasteiger partial charge in [-0.05, 0) is 24.1 Å². The minimum Gasteiger partial charge on any atom is -0.368 e. The van der Waals surface area contributed by atoms with E-state index < -0.39 is 0 Å². The molecular weight excluding hydrogens is 271 g/mol.